The third-order valence-electron chi connectivity index (χ3n) is 1.82. The molecule has 1 aliphatic rings. The van der Waals surface area contributed by atoms with Gasteiger partial charge in [-0.1, -0.05) is 12.1 Å². The summed E-state index contributed by atoms with van der Waals surface area (Å²) in [7, 11) is 0. The molecule has 2 rings (SSSR count). The molecule has 1 aromatic rings. The van der Waals surface area contributed by atoms with Crippen LogP contribution in [0.1, 0.15) is 0 Å². The molecule has 0 saturated heterocycles. The molecule has 0 bridgehead atoms. The molecule has 70 valence electrons. The van der Waals surface area contributed by atoms with E-state index in [1.807, 2.05) is 0 Å². The zero-order valence-corrected chi connectivity index (χ0v) is 7.42. The van der Waals surface area contributed by atoms with E-state index in [9.17, 15) is 8.78 Å². The molecule has 0 radical (unpaired) electrons. The van der Waals surface area contributed by atoms with Crippen LogP contribution in [0.5, 0.6) is 5.75 Å². The number of alkyl halides is 2. The fourth-order valence-corrected chi connectivity index (χ4v) is 1.60. The van der Waals surface area contributed by atoms with E-state index < -0.39 is 12.1 Å². The van der Waals surface area contributed by atoms with Crippen LogP contribution in [0.2, 0.25) is 0 Å². The Bertz CT molecular complexity index is 321. The second-order valence-electron chi connectivity index (χ2n) is 2.60. The van der Waals surface area contributed by atoms with Gasteiger partial charge < -0.3 is 4.74 Å². The number of anilines is 1. The van der Waals surface area contributed by atoms with Crippen LogP contribution in [-0.2, 0) is 0 Å². The number of ether oxygens (including phenoxy) is 1. The molecule has 5 heteroatoms. The van der Waals surface area contributed by atoms with Crippen molar-refractivity contribution in [1.82, 2.24) is 0 Å². The van der Waals surface area contributed by atoms with Crippen molar-refractivity contribution in [3.05, 3.63) is 24.3 Å². The lowest BCUT2D eigenvalue weighted by atomic mass is 10.3. The Balaban J connectivity index is 2.40. The van der Waals surface area contributed by atoms with Crippen LogP contribution in [0, 0.1) is 0 Å². The van der Waals surface area contributed by atoms with Crippen LogP contribution in [-0.4, -0.2) is 12.1 Å². The average molecular weight is 203 g/mol. The number of nitrogens with zero attached hydrogens (tertiary/aromatic N) is 1. The molecule has 1 heterocycles. The minimum Gasteiger partial charge on any atom is -0.459 e. The molecule has 0 aromatic heterocycles. The zero-order valence-electron chi connectivity index (χ0n) is 6.52. The van der Waals surface area contributed by atoms with E-state index in [-0.39, 0.29) is 0 Å². The van der Waals surface area contributed by atoms with Crippen molar-refractivity contribution in [3.8, 4) is 5.75 Å². The van der Waals surface area contributed by atoms with Gasteiger partial charge in [0.05, 0.1) is 5.69 Å². The molecule has 0 spiro atoms. The molecule has 1 aliphatic heterocycles. The molecule has 0 fully saturated rings. The molecule has 0 amide bonds. The summed E-state index contributed by atoms with van der Waals surface area (Å²) >= 11 is 3.90. The lowest BCUT2D eigenvalue weighted by molar-refractivity contribution is 0.120. The van der Waals surface area contributed by atoms with E-state index >= 15 is 0 Å². The Morgan fingerprint density at radius 1 is 1.38 bits per heavy atom. The summed E-state index contributed by atoms with van der Waals surface area (Å²) < 4.78 is 30.0. The highest BCUT2D eigenvalue weighted by molar-refractivity contribution is 7.80. The monoisotopic (exact) mass is 203 g/mol. The Morgan fingerprint density at radius 3 is 2.77 bits per heavy atom. The fourth-order valence-electron chi connectivity index (χ4n) is 1.26. The normalized spacial score (nSPS) is 20.3. The van der Waals surface area contributed by atoms with Gasteiger partial charge in [0.25, 0.3) is 0 Å². The van der Waals surface area contributed by atoms with E-state index in [1.165, 1.54) is 0 Å². The van der Waals surface area contributed by atoms with Crippen LogP contribution in [0.15, 0.2) is 24.3 Å². The molecular formula is C8H7F2NOS. The van der Waals surface area contributed by atoms with Crippen molar-refractivity contribution in [3.63, 3.8) is 0 Å². The second-order valence-corrected chi connectivity index (χ2v) is 3.04. The molecule has 0 saturated carbocycles. The minimum absolute atomic E-state index is 0.387. The van der Waals surface area contributed by atoms with E-state index in [2.05, 4.69) is 12.6 Å². The van der Waals surface area contributed by atoms with Crippen LogP contribution in [0.3, 0.4) is 0 Å². The standard InChI is InChI=1S/C8H7F2NOS/c9-7(10)11-5-3-1-2-4-6(5)12-8(11)13/h1-4,7-8,13H. The first-order valence-electron chi connectivity index (χ1n) is 3.70. The summed E-state index contributed by atoms with van der Waals surface area (Å²) in [5, 5.41) is 0. The average Bonchev–Trinajstić information content (AvgIpc) is 2.39. The summed E-state index contributed by atoms with van der Waals surface area (Å²) in [5.74, 6) is 0.447. The maximum absolute atomic E-state index is 12.5. The molecule has 0 aliphatic carbocycles. The SMILES string of the molecule is FC(F)N1c2ccccc2OC1S. The van der Waals surface area contributed by atoms with Gasteiger partial charge in [-0.3, -0.25) is 4.90 Å². The second kappa shape index (κ2) is 3.06. The van der Waals surface area contributed by atoms with Gasteiger partial charge in [0.15, 0.2) is 0 Å². The smallest absolute Gasteiger partial charge is 0.318 e. The van der Waals surface area contributed by atoms with Crippen LogP contribution < -0.4 is 9.64 Å². The topological polar surface area (TPSA) is 12.5 Å². The summed E-state index contributed by atoms with van der Waals surface area (Å²) in [4.78, 5) is 0.818. The highest BCUT2D eigenvalue weighted by Gasteiger charge is 2.33. The first kappa shape index (κ1) is 8.62. The van der Waals surface area contributed by atoms with E-state index in [1.54, 1.807) is 24.3 Å². The van der Waals surface area contributed by atoms with Crippen molar-refractivity contribution in [2.24, 2.45) is 0 Å². The number of halogens is 2. The van der Waals surface area contributed by atoms with Crippen molar-refractivity contribution in [1.29, 1.82) is 0 Å². The predicted octanol–water partition coefficient (Wildman–Crippen LogP) is 2.32. The van der Waals surface area contributed by atoms with Gasteiger partial charge >= 0.3 is 6.55 Å². The van der Waals surface area contributed by atoms with E-state index in [0.29, 0.717) is 11.4 Å². The molecule has 1 atom stereocenters. The summed E-state index contributed by atoms with van der Waals surface area (Å²) in [6.07, 6.45) is 0. The van der Waals surface area contributed by atoms with Gasteiger partial charge in [-0.15, -0.1) is 12.6 Å². The van der Waals surface area contributed by atoms with Gasteiger partial charge in [-0.2, -0.15) is 8.78 Å². The van der Waals surface area contributed by atoms with E-state index in [0.717, 1.165) is 4.90 Å². The van der Waals surface area contributed by atoms with Crippen molar-refractivity contribution < 1.29 is 13.5 Å². The number of hydrogen-bond acceptors (Lipinski definition) is 3. The number of para-hydroxylation sites is 2. The Morgan fingerprint density at radius 2 is 2.08 bits per heavy atom. The maximum atomic E-state index is 12.5. The number of fused-ring (bicyclic) bond motifs is 1. The van der Waals surface area contributed by atoms with Gasteiger partial charge in [0, 0.05) is 0 Å². The predicted molar refractivity (Wildman–Crippen MR) is 48.3 cm³/mol. The quantitative estimate of drug-likeness (QED) is 0.555. The molecule has 2 nitrogen and oxygen atoms in total. The zero-order chi connectivity index (χ0) is 9.42. The van der Waals surface area contributed by atoms with Gasteiger partial charge in [-0.05, 0) is 12.1 Å². The summed E-state index contributed by atoms with van der Waals surface area (Å²) in [5.41, 5.74) is -0.505. The van der Waals surface area contributed by atoms with Crippen molar-refractivity contribution >= 4 is 18.3 Å². The summed E-state index contributed by atoms with van der Waals surface area (Å²) in [6, 6.07) is 6.64. The van der Waals surface area contributed by atoms with Crippen LogP contribution in [0.25, 0.3) is 0 Å². The Kier molecular flexibility index (Phi) is 2.03. The molecule has 13 heavy (non-hydrogen) atoms. The fraction of sp³-hybridized carbons (Fsp3) is 0.250. The lowest BCUT2D eigenvalue weighted by Gasteiger charge is -2.19. The molecule has 1 unspecified atom stereocenters. The first-order chi connectivity index (χ1) is 6.20. The first-order valence-corrected chi connectivity index (χ1v) is 4.22. The van der Waals surface area contributed by atoms with E-state index in [4.69, 9.17) is 4.74 Å². The molecular weight excluding hydrogens is 196 g/mol. The number of thiol groups is 1. The van der Waals surface area contributed by atoms with Gasteiger partial charge in [-0.25, -0.2) is 0 Å². The van der Waals surface area contributed by atoms with Crippen molar-refractivity contribution in [2.45, 2.75) is 12.1 Å². The maximum Gasteiger partial charge on any atom is 0.318 e. The Labute approximate surface area is 79.5 Å². The minimum atomic E-state index is -2.59. The Hall–Kier alpha value is -0.970. The highest BCUT2D eigenvalue weighted by Crippen LogP contribution is 2.39. The molecule has 0 N–H and O–H groups in total. The van der Waals surface area contributed by atoms with Crippen molar-refractivity contribution in [2.75, 3.05) is 4.90 Å². The van der Waals surface area contributed by atoms with Crippen LogP contribution >= 0.6 is 12.6 Å². The molecule has 1 aromatic carbocycles. The lowest BCUT2D eigenvalue weighted by Crippen LogP contribution is -2.34. The number of rotatable bonds is 1. The third-order valence-corrected chi connectivity index (χ3v) is 2.18. The summed E-state index contributed by atoms with van der Waals surface area (Å²) in [6.45, 7) is -2.59. The number of benzene rings is 1. The largest absolute Gasteiger partial charge is 0.459 e. The van der Waals surface area contributed by atoms with Crippen LogP contribution in [0.4, 0.5) is 14.5 Å². The van der Waals surface area contributed by atoms with Gasteiger partial charge in [0.2, 0.25) is 5.56 Å². The number of hydrogen-bond donors (Lipinski definition) is 1. The highest BCUT2D eigenvalue weighted by atomic mass is 32.1. The van der Waals surface area contributed by atoms with Gasteiger partial charge in [0.1, 0.15) is 5.75 Å². The third kappa shape index (κ3) is 1.33.